The molecule has 1 heterocycles. The third-order valence-electron chi connectivity index (χ3n) is 12.3. The SMILES string of the molecule is C=Cc1ccccc1C1=CC(c2cc(C)cc(C3=CC=C(C(C)/C=C(\C=C(/C)c4ccccc4)c4ccccc4)CC3)c2)=C=C1C.C=Nc1c(C(N)c2ccccc2)sc2ccccc12.CC.CC. The van der Waals surface area contributed by atoms with Gasteiger partial charge in [0.15, 0.2) is 0 Å². The first kappa shape index (κ1) is 51.3. The molecule has 0 aliphatic heterocycles. The molecule has 0 spiro atoms. The zero-order chi connectivity index (χ0) is 49.3. The molecule has 69 heavy (non-hydrogen) atoms. The van der Waals surface area contributed by atoms with Gasteiger partial charge in [-0.3, -0.25) is 4.99 Å². The van der Waals surface area contributed by atoms with Crippen LogP contribution in [0.25, 0.3) is 44.0 Å². The topological polar surface area (TPSA) is 38.4 Å². The Hall–Kier alpha value is -7.13. The van der Waals surface area contributed by atoms with E-state index >= 15 is 0 Å². The van der Waals surface area contributed by atoms with Crippen LogP contribution in [0.2, 0.25) is 0 Å². The maximum atomic E-state index is 6.38. The van der Waals surface area contributed by atoms with E-state index in [1.165, 1.54) is 71.5 Å². The highest BCUT2D eigenvalue weighted by molar-refractivity contribution is 7.19. The normalized spacial score (nSPS) is 14.1. The quantitative estimate of drug-likeness (QED) is 0.0740. The van der Waals surface area contributed by atoms with E-state index in [-0.39, 0.29) is 6.04 Å². The smallest absolute Gasteiger partial charge is 0.0859 e. The van der Waals surface area contributed by atoms with Crippen molar-refractivity contribution in [2.75, 3.05) is 0 Å². The minimum atomic E-state index is -0.154. The van der Waals surface area contributed by atoms with Crippen LogP contribution in [0.5, 0.6) is 0 Å². The number of aliphatic imine (C=N–C) groups is 1. The van der Waals surface area contributed by atoms with E-state index in [9.17, 15) is 0 Å². The molecule has 9 rings (SSSR count). The van der Waals surface area contributed by atoms with Gasteiger partial charge in [0.05, 0.1) is 16.6 Å². The summed E-state index contributed by atoms with van der Waals surface area (Å²) in [5.74, 6) is 0.333. The van der Waals surface area contributed by atoms with E-state index in [0.717, 1.165) is 45.5 Å². The number of fused-ring (bicyclic) bond motifs is 1. The minimum absolute atomic E-state index is 0.154. The average Bonchev–Trinajstić information content (AvgIpc) is 4.00. The number of aryl methyl sites for hydroxylation is 1. The Kier molecular flexibility index (Phi) is 18.8. The maximum Gasteiger partial charge on any atom is 0.0859 e. The number of nitrogens with two attached hydrogens (primary N) is 1. The van der Waals surface area contributed by atoms with Crippen LogP contribution in [0.4, 0.5) is 5.69 Å². The number of nitrogens with zero attached hydrogens (tertiary/aromatic N) is 1. The Morgan fingerprint density at radius 2 is 1.33 bits per heavy atom. The van der Waals surface area contributed by atoms with E-state index in [1.807, 2.05) is 76.2 Å². The molecule has 2 atom stereocenters. The van der Waals surface area contributed by atoms with Gasteiger partial charge in [0.2, 0.25) is 0 Å². The summed E-state index contributed by atoms with van der Waals surface area (Å²) in [4.78, 5) is 5.26. The molecule has 348 valence electrons. The maximum absolute atomic E-state index is 6.38. The van der Waals surface area contributed by atoms with E-state index in [2.05, 4.69) is 197 Å². The molecule has 7 aromatic rings. The zero-order valence-electron chi connectivity index (χ0n) is 41.9. The Labute approximate surface area is 417 Å². The molecule has 0 bridgehead atoms. The summed E-state index contributed by atoms with van der Waals surface area (Å²) in [6.45, 7) is 24.6. The highest BCUT2D eigenvalue weighted by Gasteiger charge is 2.20. The van der Waals surface area contributed by atoms with Crippen molar-refractivity contribution in [2.45, 2.75) is 74.3 Å². The number of benzene rings is 6. The van der Waals surface area contributed by atoms with Gasteiger partial charge in [-0.1, -0.05) is 223 Å². The van der Waals surface area contributed by atoms with Crippen molar-refractivity contribution in [1.29, 1.82) is 0 Å². The second-order valence-corrected chi connectivity index (χ2v) is 17.9. The minimum Gasteiger partial charge on any atom is -0.320 e. The first-order chi connectivity index (χ1) is 33.7. The van der Waals surface area contributed by atoms with Crippen LogP contribution >= 0.6 is 11.3 Å². The number of allylic oxidation sites excluding steroid dienone is 11. The molecule has 0 saturated heterocycles. The molecule has 0 fully saturated rings. The van der Waals surface area contributed by atoms with Crippen LogP contribution in [0.15, 0.2) is 217 Å². The van der Waals surface area contributed by atoms with Crippen molar-refractivity contribution in [3.63, 3.8) is 0 Å². The summed E-state index contributed by atoms with van der Waals surface area (Å²) >= 11 is 1.69. The molecule has 1 aromatic heterocycles. The van der Waals surface area contributed by atoms with Gasteiger partial charge in [-0.2, -0.15) is 0 Å². The van der Waals surface area contributed by atoms with Crippen molar-refractivity contribution in [3.05, 3.63) is 261 Å². The van der Waals surface area contributed by atoms with Crippen LogP contribution in [0.1, 0.15) is 117 Å². The molecule has 0 saturated carbocycles. The number of thiophene rings is 1. The van der Waals surface area contributed by atoms with E-state index < -0.39 is 0 Å². The largest absolute Gasteiger partial charge is 0.320 e. The molecule has 2 N–H and O–H groups in total. The fourth-order valence-corrected chi connectivity index (χ4v) is 9.99. The van der Waals surface area contributed by atoms with Gasteiger partial charge in [-0.25, -0.2) is 0 Å². The van der Waals surface area contributed by atoms with Gasteiger partial charge in [0, 0.05) is 15.7 Å². The molecule has 0 amide bonds. The summed E-state index contributed by atoms with van der Waals surface area (Å²) in [7, 11) is 0. The van der Waals surface area contributed by atoms with Crippen molar-refractivity contribution in [2.24, 2.45) is 16.6 Å². The fourth-order valence-electron chi connectivity index (χ4n) is 8.80. The predicted octanol–water partition coefficient (Wildman–Crippen LogP) is 18.9. The highest BCUT2D eigenvalue weighted by atomic mass is 32.1. The number of hydrogen-bond acceptors (Lipinski definition) is 3. The first-order valence-electron chi connectivity index (χ1n) is 24.4. The predicted molar refractivity (Wildman–Crippen MR) is 307 cm³/mol. The highest BCUT2D eigenvalue weighted by Crippen LogP contribution is 2.42. The van der Waals surface area contributed by atoms with Crippen LogP contribution < -0.4 is 5.73 Å². The summed E-state index contributed by atoms with van der Waals surface area (Å²) in [6, 6.07) is 55.0. The molecule has 3 heteroatoms. The lowest BCUT2D eigenvalue weighted by Crippen LogP contribution is -2.10. The van der Waals surface area contributed by atoms with Crippen molar-refractivity contribution >= 4 is 67.8 Å². The summed E-state index contributed by atoms with van der Waals surface area (Å²) < 4.78 is 1.20. The van der Waals surface area contributed by atoms with Crippen molar-refractivity contribution in [3.8, 4) is 0 Å². The van der Waals surface area contributed by atoms with Gasteiger partial charge in [-0.15, -0.1) is 17.1 Å². The zero-order valence-corrected chi connectivity index (χ0v) is 42.7. The standard InChI is InChI=1S/C46H42.C16H14N2S.2C2H6/c1-6-36-15-13-14-20-45(36)46-31-44(29-35(46)5)42-26-32(2)25-41(30-42)40-23-21-38(22-24-40)34(4)28-43(39-18-11-8-12-19-39)27-33(3)37-16-9-7-10-17-37;1-18-15-12-9-5-6-10-13(12)19-16(15)14(17)11-7-3-2-4-8-11;2*1-2/h6-21,23,25-28,30-31,34H,1,22,24H2,2-5H3;2-10,14H,1,17H2;2*1-2H3/b33-27+,43-28+;;;. The second kappa shape index (κ2) is 25.3. The molecule has 0 radical (unpaired) electrons. The molecule has 2 aliphatic carbocycles. The lowest BCUT2D eigenvalue weighted by atomic mass is 9.85. The Morgan fingerprint density at radius 3 is 1.99 bits per heavy atom. The van der Waals surface area contributed by atoms with Crippen molar-refractivity contribution < 1.29 is 0 Å². The Morgan fingerprint density at radius 1 is 0.725 bits per heavy atom. The van der Waals surface area contributed by atoms with Gasteiger partial charge < -0.3 is 5.73 Å². The summed E-state index contributed by atoms with van der Waals surface area (Å²) in [5.41, 5.74) is 29.7. The molecular formula is C66H68N2S. The lowest BCUT2D eigenvalue weighted by Gasteiger charge is -2.20. The number of rotatable bonds is 12. The first-order valence-corrected chi connectivity index (χ1v) is 25.3. The monoisotopic (exact) mass is 921 g/mol. The van der Waals surface area contributed by atoms with Gasteiger partial charge >= 0.3 is 0 Å². The third kappa shape index (κ3) is 12.7. The van der Waals surface area contributed by atoms with Crippen molar-refractivity contribution in [1.82, 2.24) is 0 Å². The Balaban J connectivity index is 0.000000282. The average molecular weight is 921 g/mol. The van der Waals surface area contributed by atoms with Crippen LogP contribution in [-0.2, 0) is 0 Å². The van der Waals surface area contributed by atoms with Crippen LogP contribution in [0.3, 0.4) is 0 Å². The van der Waals surface area contributed by atoms with Gasteiger partial charge in [0.25, 0.3) is 0 Å². The van der Waals surface area contributed by atoms with E-state index in [4.69, 9.17) is 5.73 Å². The third-order valence-corrected chi connectivity index (χ3v) is 13.6. The molecule has 2 aliphatic rings. The summed E-state index contributed by atoms with van der Waals surface area (Å²) in [5, 5.41) is 1.13. The van der Waals surface area contributed by atoms with Gasteiger partial charge in [0.1, 0.15) is 0 Å². The summed E-state index contributed by atoms with van der Waals surface area (Å²) in [6.07, 6.45) is 15.8. The Bertz CT molecular complexity index is 3090. The molecule has 2 nitrogen and oxygen atoms in total. The second-order valence-electron chi connectivity index (χ2n) is 16.9. The number of hydrogen-bond donors (Lipinski definition) is 1. The molecule has 2 unspecified atom stereocenters. The molecular weight excluding hydrogens is 853 g/mol. The van der Waals surface area contributed by atoms with E-state index in [1.54, 1.807) is 11.3 Å². The van der Waals surface area contributed by atoms with Gasteiger partial charge in [-0.05, 0) is 137 Å². The molecule has 6 aromatic carbocycles. The van der Waals surface area contributed by atoms with Crippen LogP contribution in [0, 0.1) is 12.8 Å². The van der Waals surface area contributed by atoms with E-state index in [0.29, 0.717) is 5.92 Å². The van der Waals surface area contributed by atoms with Crippen LogP contribution in [-0.4, -0.2) is 6.72 Å². The fraction of sp³-hybridized carbons (Fsp3) is 0.182. The lowest BCUT2D eigenvalue weighted by molar-refractivity contribution is 0.781.